The van der Waals surface area contributed by atoms with Crippen molar-refractivity contribution in [2.45, 2.75) is 71.6 Å². The van der Waals surface area contributed by atoms with Gasteiger partial charge in [0.2, 0.25) is 0 Å². The van der Waals surface area contributed by atoms with E-state index in [-0.39, 0.29) is 0 Å². The van der Waals surface area contributed by atoms with Crippen LogP contribution in [0.3, 0.4) is 0 Å². The molecule has 0 radical (unpaired) electrons. The van der Waals surface area contributed by atoms with Crippen LogP contribution in [0, 0.1) is 11.8 Å². The molecular formula is C18H29N. The Bertz CT molecular complexity index is 380. The molecule has 1 fully saturated rings. The van der Waals surface area contributed by atoms with Gasteiger partial charge in [0, 0.05) is 23.2 Å². The fourth-order valence-corrected chi connectivity index (χ4v) is 3.73. The number of pyridine rings is 1. The fraction of sp³-hybridized carbons (Fsp3) is 0.722. The molecule has 2 rings (SSSR count). The average Bonchev–Trinajstić information content (AvgIpc) is 2.39. The fourth-order valence-electron chi connectivity index (χ4n) is 3.73. The molecule has 0 aromatic carbocycles. The van der Waals surface area contributed by atoms with Gasteiger partial charge in [-0.3, -0.25) is 4.98 Å². The summed E-state index contributed by atoms with van der Waals surface area (Å²) >= 11 is 0. The average molecular weight is 259 g/mol. The van der Waals surface area contributed by atoms with E-state index in [0.29, 0.717) is 23.7 Å². The van der Waals surface area contributed by atoms with Crippen LogP contribution in [0.25, 0.3) is 0 Å². The molecule has 0 atom stereocenters. The first-order chi connectivity index (χ1) is 9.09. The molecule has 0 amide bonds. The highest BCUT2D eigenvalue weighted by Gasteiger charge is 2.23. The second-order valence-electron chi connectivity index (χ2n) is 6.84. The summed E-state index contributed by atoms with van der Waals surface area (Å²) in [6, 6.07) is 6.71. The van der Waals surface area contributed by atoms with Crippen molar-refractivity contribution in [3.05, 3.63) is 29.6 Å². The monoisotopic (exact) mass is 259 g/mol. The number of aromatic nitrogens is 1. The van der Waals surface area contributed by atoms with Gasteiger partial charge in [-0.15, -0.1) is 0 Å². The molecular weight excluding hydrogens is 230 g/mol. The van der Waals surface area contributed by atoms with Crippen LogP contribution in [0.2, 0.25) is 0 Å². The maximum Gasteiger partial charge on any atom is 0.0443 e. The van der Waals surface area contributed by atoms with E-state index in [0.717, 1.165) is 0 Å². The molecule has 1 aromatic rings. The van der Waals surface area contributed by atoms with E-state index < -0.39 is 0 Å². The minimum Gasteiger partial charge on any atom is -0.257 e. The molecule has 1 aliphatic rings. The molecule has 0 N–H and O–H groups in total. The predicted octanol–water partition coefficient (Wildman–Crippen LogP) is 5.52. The second-order valence-corrected chi connectivity index (χ2v) is 6.84. The molecule has 1 aliphatic carbocycles. The van der Waals surface area contributed by atoms with Gasteiger partial charge in [-0.25, -0.2) is 0 Å². The minimum atomic E-state index is 0.587. The van der Waals surface area contributed by atoms with Crippen molar-refractivity contribution in [3.8, 4) is 0 Å². The molecule has 1 heteroatoms. The number of rotatable bonds is 4. The van der Waals surface area contributed by atoms with Crippen molar-refractivity contribution >= 4 is 0 Å². The first-order valence-electron chi connectivity index (χ1n) is 8.06. The second kappa shape index (κ2) is 6.54. The van der Waals surface area contributed by atoms with Crippen molar-refractivity contribution in [2.75, 3.05) is 0 Å². The molecule has 1 saturated carbocycles. The lowest BCUT2D eigenvalue weighted by molar-refractivity contribution is 0.376. The van der Waals surface area contributed by atoms with E-state index in [4.69, 9.17) is 4.98 Å². The molecule has 0 aliphatic heterocycles. The Balaban J connectivity index is 2.22. The normalized spacial score (nSPS) is 17.6. The number of hydrogen-bond acceptors (Lipinski definition) is 1. The van der Waals surface area contributed by atoms with Gasteiger partial charge < -0.3 is 0 Å². The van der Waals surface area contributed by atoms with Crippen molar-refractivity contribution in [1.82, 2.24) is 4.98 Å². The molecule has 106 valence electrons. The van der Waals surface area contributed by atoms with E-state index in [1.165, 1.54) is 43.5 Å². The largest absolute Gasteiger partial charge is 0.257 e. The first-order valence-corrected chi connectivity index (χ1v) is 8.06. The number of hydrogen-bond donors (Lipinski definition) is 0. The summed E-state index contributed by atoms with van der Waals surface area (Å²) in [7, 11) is 0. The summed E-state index contributed by atoms with van der Waals surface area (Å²) in [5.74, 6) is 2.63. The van der Waals surface area contributed by atoms with E-state index in [1.807, 2.05) is 0 Å². The summed E-state index contributed by atoms with van der Waals surface area (Å²) < 4.78 is 0. The lowest BCUT2D eigenvalue weighted by Gasteiger charge is -2.26. The lowest BCUT2D eigenvalue weighted by atomic mass is 9.82. The Morgan fingerprint density at radius 3 is 2.16 bits per heavy atom. The molecule has 1 heterocycles. The third-order valence-corrected chi connectivity index (χ3v) is 4.59. The zero-order valence-electron chi connectivity index (χ0n) is 13.0. The van der Waals surface area contributed by atoms with Crippen LogP contribution >= 0.6 is 0 Å². The Kier molecular flexibility index (Phi) is 5.01. The zero-order valence-corrected chi connectivity index (χ0v) is 13.0. The lowest BCUT2D eigenvalue weighted by Crippen LogP contribution is -2.16. The molecule has 1 aromatic heterocycles. The summed E-state index contributed by atoms with van der Waals surface area (Å²) in [6.45, 7) is 9.28. The van der Waals surface area contributed by atoms with Gasteiger partial charge in [-0.1, -0.05) is 53.0 Å². The van der Waals surface area contributed by atoms with Gasteiger partial charge in [0.15, 0.2) is 0 Å². The highest BCUT2D eigenvalue weighted by atomic mass is 14.7. The van der Waals surface area contributed by atoms with Crippen LogP contribution in [-0.4, -0.2) is 4.98 Å². The van der Waals surface area contributed by atoms with Gasteiger partial charge in [0.05, 0.1) is 0 Å². The Morgan fingerprint density at radius 1 is 0.947 bits per heavy atom. The van der Waals surface area contributed by atoms with Crippen molar-refractivity contribution < 1.29 is 0 Å². The SMILES string of the molecule is CC(C)C(c1cccc(C2CCCCC2)n1)C(C)C. The van der Waals surface area contributed by atoms with Gasteiger partial charge in [-0.05, 0) is 36.8 Å². The maximum atomic E-state index is 5.04. The third-order valence-electron chi connectivity index (χ3n) is 4.59. The Morgan fingerprint density at radius 2 is 1.58 bits per heavy atom. The van der Waals surface area contributed by atoms with E-state index >= 15 is 0 Å². The van der Waals surface area contributed by atoms with Crippen LogP contribution in [0.5, 0.6) is 0 Å². The Hall–Kier alpha value is -0.850. The van der Waals surface area contributed by atoms with Crippen LogP contribution < -0.4 is 0 Å². The molecule has 0 spiro atoms. The topological polar surface area (TPSA) is 12.9 Å². The summed E-state index contributed by atoms with van der Waals surface area (Å²) in [6.07, 6.45) is 6.86. The van der Waals surface area contributed by atoms with Gasteiger partial charge in [0.1, 0.15) is 0 Å². The van der Waals surface area contributed by atoms with Crippen LogP contribution in [0.4, 0.5) is 0 Å². The predicted molar refractivity (Wildman–Crippen MR) is 82.5 cm³/mol. The van der Waals surface area contributed by atoms with Gasteiger partial charge >= 0.3 is 0 Å². The van der Waals surface area contributed by atoms with Crippen LogP contribution in [-0.2, 0) is 0 Å². The van der Waals surface area contributed by atoms with Gasteiger partial charge in [-0.2, -0.15) is 0 Å². The minimum absolute atomic E-state index is 0.587. The standard InChI is InChI=1S/C18H29N/c1-13(2)18(14(3)4)17-12-8-11-16(19-17)15-9-6-5-7-10-15/h8,11-15,18H,5-7,9-10H2,1-4H3. The maximum absolute atomic E-state index is 5.04. The number of nitrogens with zero attached hydrogens (tertiary/aromatic N) is 1. The van der Waals surface area contributed by atoms with E-state index in [9.17, 15) is 0 Å². The van der Waals surface area contributed by atoms with Crippen LogP contribution in [0.15, 0.2) is 18.2 Å². The highest BCUT2D eigenvalue weighted by molar-refractivity contribution is 5.19. The summed E-state index contributed by atoms with van der Waals surface area (Å²) in [4.78, 5) is 5.04. The molecule has 0 unspecified atom stereocenters. The first kappa shape index (κ1) is 14.6. The molecule has 19 heavy (non-hydrogen) atoms. The quantitative estimate of drug-likeness (QED) is 0.693. The zero-order chi connectivity index (χ0) is 13.8. The smallest absolute Gasteiger partial charge is 0.0443 e. The molecule has 0 bridgehead atoms. The van der Waals surface area contributed by atoms with Gasteiger partial charge in [0.25, 0.3) is 0 Å². The Labute approximate surface area is 118 Å². The van der Waals surface area contributed by atoms with Crippen LogP contribution in [0.1, 0.15) is 83.0 Å². The van der Waals surface area contributed by atoms with E-state index in [2.05, 4.69) is 45.9 Å². The summed E-state index contributed by atoms with van der Waals surface area (Å²) in [5, 5.41) is 0. The van der Waals surface area contributed by atoms with Crippen molar-refractivity contribution in [3.63, 3.8) is 0 Å². The molecule has 1 nitrogen and oxygen atoms in total. The highest BCUT2D eigenvalue weighted by Crippen LogP contribution is 2.34. The third kappa shape index (κ3) is 3.58. The van der Waals surface area contributed by atoms with Crippen molar-refractivity contribution in [2.24, 2.45) is 11.8 Å². The van der Waals surface area contributed by atoms with E-state index in [1.54, 1.807) is 0 Å². The summed E-state index contributed by atoms with van der Waals surface area (Å²) in [5.41, 5.74) is 2.66. The molecule has 0 saturated heterocycles. The van der Waals surface area contributed by atoms with Crippen molar-refractivity contribution in [1.29, 1.82) is 0 Å².